The first kappa shape index (κ1) is 17.2. The first-order chi connectivity index (χ1) is 10.5. The molecule has 0 saturated heterocycles. The lowest BCUT2D eigenvalue weighted by atomic mass is 10.2. The average Bonchev–Trinajstić information content (AvgIpc) is 2.52. The molecule has 0 aromatic heterocycles. The molecule has 0 saturated carbocycles. The summed E-state index contributed by atoms with van der Waals surface area (Å²) in [6, 6.07) is 20.5. The Labute approximate surface area is 139 Å². The molecule has 2 atom stereocenters. The first-order valence-corrected chi connectivity index (χ1v) is 10.8. The highest BCUT2D eigenvalue weighted by atomic mass is 32.4. The van der Waals surface area contributed by atoms with E-state index in [0.717, 1.165) is 5.69 Å². The summed E-state index contributed by atoms with van der Waals surface area (Å²) < 4.78 is 6.14. The Morgan fingerprint density at radius 1 is 1.00 bits per heavy atom. The van der Waals surface area contributed by atoms with E-state index in [0.29, 0.717) is 12.5 Å². The number of para-hydroxylation sites is 1. The summed E-state index contributed by atoms with van der Waals surface area (Å²) in [7, 11) is 0. The molecule has 2 aromatic carbocycles. The maximum atomic E-state index is 6.14. The zero-order chi connectivity index (χ0) is 16.0. The predicted molar refractivity (Wildman–Crippen MR) is 100 cm³/mol. The summed E-state index contributed by atoms with van der Waals surface area (Å²) in [5.41, 5.74) is 2.25. The van der Waals surface area contributed by atoms with E-state index in [-0.39, 0.29) is 5.78 Å². The summed E-state index contributed by atoms with van der Waals surface area (Å²) in [4.78, 5) is 0. The van der Waals surface area contributed by atoms with Gasteiger partial charge in [-0.15, -0.1) is 0 Å². The van der Waals surface area contributed by atoms with Gasteiger partial charge in [0.2, 0.25) is 0 Å². The van der Waals surface area contributed by atoms with E-state index in [1.807, 2.05) is 36.4 Å². The van der Waals surface area contributed by atoms with Gasteiger partial charge < -0.3 is 9.84 Å². The Balaban J connectivity index is 2.27. The molecular weight excluding hydrogens is 309 g/mol. The van der Waals surface area contributed by atoms with E-state index in [4.69, 9.17) is 16.3 Å². The molecule has 4 heteroatoms. The summed E-state index contributed by atoms with van der Waals surface area (Å²) in [6.07, 6.45) is -2.02. The van der Waals surface area contributed by atoms with Crippen molar-refractivity contribution in [1.82, 2.24) is 0 Å². The summed E-state index contributed by atoms with van der Waals surface area (Å²) in [5, 5.41) is 3.58. The SMILES string of the molecule is CC(C)CO[P@](C)(=S)[C@H](Nc1ccccc1)c1ccccc1. The number of rotatable bonds is 7. The highest BCUT2D eigenvalue weighted by molar-refractivity contribution is 8.12. The highest BCUT2D eigenvalue weighted by Crippen LogP contribution is 2.57. The molecular formula is C18H24NOPS. The maximum absolute atomic E-state index is 6.14. The van der Waals surface area contributed by atoms with Crippen LogP contribution in [-0.2, 0) is 16.3 Å². The van der Waals surface area contributed by atoms with Crippen molar-refractivity contribution in [2.24, 2.45) is 5.92 Å². The van der Waals surface area contributed by atoms with Gasteiger partial charge in [0, 0.05) is 5.69 Å². The van der Waals surface area contributed by atoms with Gasteiger partial charge in [0.05, 0.1) is 12.9 Å². The summed E-state index contributed by atoms with van der Waals surface area (Å²) in [6.45, 7) is 7.08. The van der Waals surface area contributed by atoms with Crippen molar-refractivity contribution in [2.45, 2.75) is 19.6 Å². The Bertz CT molecular complexity index is 615. The van der Waals surface area contributed by atoms with Crippen molar-refractivity contribution in [2.75, 3.05) is 18.6 Å². The van der Waals surface area contributed by atoms with E-state index in [2.05, 4.69) is 50.1 Å². The van der Waals surface area contributed by atoms with Crippen LogP contribution in [0, 0.1) is 5.92 Å². The number of nitrogens with one attached hydrogen (secondary N) is 1. The molecule has 0 unspecified atom stereocenters. The molecule has 2 rings (SSSR count). The van der Waals surface area contributed by atoms with Crippen molar-refractivity contribution in [3.63, 3.8) is 0 Å². The van der Waals surface area contributed by atoms with E-state index >= 15 is 0 Å². The van der Waals surface area contributed by atoms with Gasteiger partial charge in [0.1, 0.15) is 5.78 Å². The minimum absolute atomic E-state index is 0.0184. The van der Waals surface area contributed by atoms with Gasteiger partial charge in [-0.3, -0.25) is 0 Å². The molecule has 2 nitrogen and oxygen atoms in total. The predicted octanol–water partition coefficient (Wildman–Crippen LogP) is 5.49. The van der Waals surface area contributed by atoms with Crippen LogP contribution in [-0.4, -0.2) is 13.3 Å². The first-order valence-electron chi connectivity index (χ1n) is 7.57. The minimum Gasteiger partial charge on any atom is -0.372 e. The minimum atomic E-state index is -2.02. The van der Waals surface area contributed by atoms with Gasteiger partial charge in [-0.05, 0) is 30.3 Å². The largest absolute Gasteiger partial charge is 0.372 e. The third-order valence-electron chi connectivity index (χ3n) is 3.33. The zero-order valence-corrected chi connectivity index (χ0v) is 15.1. The van der Waals surface area contributed by atoms with Gasteiger partial charge in [-0.1, -0.05) is 74.2 Å². The van der Waals surface area contributed by atoms with Gasteiger partial charge in [-0.2, -0.15) is 0 Å². The number of hydrogen-bond donors (Lipinski definition) is 1. The van der Waals surface area contributed by atoms with Crippen LogP contribution in [0.2, 0.25) is 0 Å². The molecule has 1 N–H and O–H groups in total. The van der Waals surface area contributed by atoms with Crippen LogP contribution < -0.4 is 5.32 Å². The molecule has 0 bridgehead atoms. The molecule has 0 aliphatic rings. The Hall–Kier alpha value is -1.15. The third-order valence-corrected chi connectivity index (χ3v) is 6.30. The molecule has 2 aromatic rings. The van der Waals surface area contributed by atoms with Crippen molar-refractivity contribution >= 4 is 23.8 Å². The van der Waals surface area contributed by atoms with Crippen LogP contribution in [0.4, 0.5) is 5.69 Å². The topological polar surface area (TPSA) is 21.3 Å². The highest BCUT2D eigenvalue weighted by Gasteiger charge is 2.26. The average molecular weight is 333 g/mol. The molecule has 0 radical (unpaired) electrons. The number of anilines is 1. The van der Waals surface area contributed by atoms with Crippen LogP contribution >= 0.6 is 6.26 Å². The monoisotopic (exact) mass is 333 g/mol. The maximum Gasteiger partial charge on any atom is 0.103 e. The second-order valence-corrected chi connectivity index (χ2v) is 10.7. The van der Waals surface area contributed by atoms with E-state index in [1.165, 1.54) is 5.56 Å². The Kier molecular flexibility index (Phi) is 6.19. The van der Waals surface area contributed by atoms with Gasteiger partial charge in [0.25, 0.3) is 0 Å². The van der Waals surface area contributed by atoms with Gasteiger partial charge >= 0.3 is 0 Å². The lowest BCUT2D eigenvalue weighted by Gasteiger charge is -2.30. The van der Waals surface area contributed by atoms with Crippen molar-refractivity contribution in [1.29, 1.82) is 0 Å². The fourth-order valence-electron chi connectivity index (χ4n) is 2.17. The van der Waals surface area contributed by atoms with Crippen LogP contribution in [0.25, 0.3) is 0 Å². The smallest absolute Gasteiger partial charge is 0.103 e. The van der Waals surface area contributed by atoms with Crippen molar-refractivity contribution < 1.29 is 4.52 Å². The molecule has 0 fully saturated rings. The fourth-order valence-corrected chi connectivity index (χ4v) is 4.72. The van der Waals surface area contributed by atoms with Crippen molar-refractivity contribution in [3.05, 3.63) is 66.2 Å². The molecule has 118 valence electrons. The number of hydrogen-bond acceptors (Lipinski definition) is 3. The summed E-state index contributed by atoms with van der Waals surface area (Å²) in [5.74, 6) is 0.500. The lowest BCUT2D eigenvalue weighted by molar-refractivity contribution is 0.296. The standard InChI is InChI=1S/C18H24NOPS/c1-15(2)14-20-21(3,22)18(16-10-6-4-7-11-16)19-17-12-8-5-9-13-17/h4-13,15,18-19H,14H2,1-3H3/t18-,21+/m0/s1. The summed E-state index contributed by atoms with van der Waals surface area (Å²) >= 11 is 5.89. The van der Waals surface area contributed by atoms with Crippen LogP contribution in [0.1, 0.15) is 25.2 Å². The van der Waals surface area contributed by atoms with E-state index in [9.17, 15) is 0 Å². The van der Waals surface area contributed by atoms with Gasteiger partial charge in [0.15, 0.2) is 0 Å². The van der Waals surface area contributed by atoms with Crippen molar-refractivity contribution in [3.8, 4) is 0 Å². The third kappa shape index (κ3) is 4.95. The van der Waals surface area contributed by atoms with Crippen LogP contribution in [0.5, 0.6) is 0 Å². The number of benzene rings is 2. The second-order valence-electron chi connectivity index (χ2n) is 5.92. The second kappa shape index (κ2) is 7.92. The molecule has 0 amide bonds. The van der Waals surface area contributed by atoms with Gasteiger partial charge in [-0.25, -0.2) is 0 Å². The molecule has 0 spiro atoms. The quantitative estimate of drug-likeness (QED) is 0.677. The van der Waals surface area contributed by atoms with E-state index in [1.54, 1.807) is 0 Å². The lowest BCUT2D eigenvalue weighted by Crippen LogP contribution is -2.14. The molecule has 0 aliphatic carbocycles. The van der Waals surface area contributed by atoms with Crippen LogP contribution in [0.15, 0.2) is 60.7 Å². The molecule has 0 heterocycles. The molecule has 0 aliphatic heterocycles. The Morgan fingerprint density at radius 3 is 2.09 bits per heavy atom. The van der Waals surface area contributed by atoms with E-state index < -0.39 is 6.26 Å². The zero-order valence-electron chi connectivity index (χ0n) is 13.4. The normalized spacial score (nSPS) is 15.3. The van der Waals surface area contributed by atoms with Crippen LogP contribution in [0.3, 0.4) is 0 Å². The Morgan fingerprint density at radius 2 is 1.55 bits per heavy atom. The molecule has 22 heavy (non-hydrogen) atoms. The fraction of sp³-hybridized carbons (Fsp3) is 0.333.